The molecule has 0 fully saturated rings. The second kappa shape index (κ2) is 25.5. The molecule has 0 aliphatic rings. The van der Waals surface area contributed by atoms with Crippen LogP contribution in [0.5, 0.6) is 0 Å². The van der Waals surface area contributed by atoms with Gasteiger partial charge in [-0.15, -0.1) is 0 Å². The van der Waals surface area contributed by atoms with Gasteiger partial charge in [0.15, 0.2) is 0 Å². The Morgan fingerprint density at radius 2 is 1.18 bits per heavy atom. The summed E-state index contributed by atoms with van der Waals surface area (Å²) in [7, 11) is 0. The third kappa shape index (κ3) is 24.5. The van der Waals surface area contributed by atoms with E-state index in [1.54, 1.807) is 0 Å². The Bertz CT molecular complexity index is 601. The van der Waals surface area contributed by atoms with Crippen molar-refractivity contribution in [3.63, 3.8) is 0 Å². The molecule has 194 valence electrons. The van der Waals surface area contributed by atoms with Crippen molar-refractivity contribution in [3.8, 4) is 0 Å². The molecular formula is C30H50O4. The number of carbonyl (C=O) groups is 2. The summed E-state index contributed by atoms with van der Waals surface area (Å²) in [6, 6.07) is 0. The number of carbonyl (C=O) groups excluding carboxylic acids is 1. The van der Waals surface area contributed by atoms with Crippen LogP contribution in [0, 0.1) is 0 Å². The van der Waals surface area contributed by atoms with Crippen LogP contribution in [0.1, 0.15) is 123 Å². The number of rotatable bonds is 23. The van der Waals surface area contributed by atoms with Gasteiger partial charge in [0.05, 0.1) is 6.42 Å². The fourth-order valence-corrected chi connectivity index (χ4v) is 3.53. The summed E-state index contributed by atoms with van der Waals surface area (Å²) in [6.45, 7) is 4.33. The van der Waals surface area contributed by atoms with Crippen LogP contribution in [-0.2, 0) is 14.3 Å². The molecule has 0 heterocycles. The number of carboxylic acid groups (broad SMARTS) is 1. The van der Waals surface area contributed by atoms with Crippen LogP contribution in [0.3, 0.4) is 0 Å². The fourth-order valence-electron chi connectivity index (χ4n) is 3.53. The van der Waals surface area contributed by atoms with Crippen LogP contribution in [-0.4, -0.2) is 23.1 Å². The average molecular weight is 475 g/mol. The zero-order chi connectivity index (χ0) is 25.1. The summed E-state index contributed by atoms with van der Waals surface area (Å²) in [4.78, 5) is 23.0. The zero-order valence-corrected chi connectivity index (χ0v) is 21.9. The number of ether oxygens (including phenoxy) is 1. The first-order chi connectivity index (χ1) is 16.6. The minimum atomic E-state index is -0.909. The van der Waals surface area contributed by atoms with Crippen LogP contribution in [0.15, 0.2) is 48.6 Å². The second-order valence-corrected chi connectivity index (χ2v) is 8.89. The maximum Gasteiger partial charge on any atom is 0.307 e. The maximum atomic E-state index is 12.0. The molecule has 0 aromatic carbocycles. The lowest BCUT2D eigenvalue weighted by Crippen LogP contribution is -2.21. The first-order valence-electron chi connectivity index (χ1n) is 13.6. The Balaban J connectivity index is 3.70. The van der Waals surface area contributed by atoms with Gasteiger partial charge < -0.3 is 9.84 Å². The molecule has 34 heavy (non-hydrogen) atoms. The van der Waals surface area contributed by atoms with E-state index in [4.69, 9.17) is 9.84 Å². The molecule has 0 saturated carbocycles. The van der Waals surface area contributed by atoms with Gasteiger partial charge in [-0.2, -0.15) is 0 Å². The molecule has 0 aliphatic heterocycles. The Morgan fingerprint density at radius 1 is 0.676 bits per heavy atom. The van der Waals surface area contributed by atoms with Gasteiger partial charge in [0.2, 0.25) is 0 Å². The van der Waals surface area contributed by atoms with Crippen molar-refractivity contribution >= 4 is 11.9 Å². The van der Waals surface area contributed by atoms with E-state index in [1.165, 1.54) is 25.7 Å². The highest BCUT2D eigenvalue weighted by Gasteiger charge is 2.17. The Kier molecular flexibility index (Phi) is 23.9. The third-order valence-electron chi connectivity index (χ3n) is 5.54. The third-order valence-corrected chi connectivity index (χ3v) is 5.54. The molecule has 1 N–H and O–H groups in total. The number of allylic oxidation sites excluding steroid dienone is 8. The SMILES string of the molecule is CCCCC/C=C\C/C=C\C/C=C\C/C=C\CCCCCC(=O)OC(CCCCC)CC(=O)O. The molecule has 1 unspecified atom stereocenters. The molecule has 0 amide bonds. The number of unbranched alkanes of at least 4 members (excludes halogenated alkanes) is 8. The van der Waals surface area contributed by atoms with Crippen molar-refractivity contribution in [2.75, 3.05) is 0 Å². The summed E-state index contributed by atoms with van der Waals surface area (Å²) in [5, 5.41) is 8.99. The zero-order valence-electron chi connectivity index (χ0n) is 21.9. The minimum absolute atomic E-state index is 0.0957. The molecule has 4 heteroatoms. The summed E-state index contributed by atoms with van der Waals surface area (Å²) in [5.74, 6) is -1.17. The fraction of sp³-hybridized carbons (Fsp3) is 0.667. The van der Waals surface area contributed by atoms with Gasteiger partial charge in [-0.05, 0) is 64.2 Å². The number of carboxylic acids is 1. The average Bonchev–Trinajstić information content (AvgIpc) is 2.80. The topological polar surface area (TPSA) is 63.6 Å². The summed E-state index contributed by atoms with van der Waals surface area (Å²) >= 11 is 0. The van der Waals surface area contributed by atoms with E-state index in [0.717, 1.165) is 64.2 Å². The predicted octanol–water partition coefficient (Wildman–Crippen LogP) is 8.88. The van der Waals surface area contributed by atoms with Crippen molar-refractivity contribution < 1.29 is 19.4 Å². The lowest BCUT2D eigenvalue weighted by Gasteiger charge is -2.16. The normalized spacial score (nSPS) is 13.0. The molecule has 0 saturated heterocycles. The predicted molar refractivity (Wildman–Crippen MR) is 144 cm³/mol. The van der Waals surface area contributed by atoms with E-state index >= 15 is 0 Å². The first-order valence-corrected chi connectivity index (χ1v) is 13.6. The number of hydrogen-bond donors (Lipinski definition) is 1. The van der Waals surface area contributed by atoms with Crippen molar-refractivity contribution in [3.05, 3.63) is 48.6 Å². The van der Waals surface area contributed by atoms with Gasteiger partial charge in [-0.25, -0.2) is 0 Å². The van der Waals surface area contributed by atoms with Gasteiger partial charge in [0.25, 0.3) is 0 Å². The van der Waals surface area contributed by atoms with E-state index in [-0.39, 0.29) is 12.4 Å². The lowest BCUT2D eigenvalue weighted by molar-refractivity contribution is -0.153. The van der Waals surface area contributed by atoms with Gasteiger partial charge in [0, 0.05) is 6.42 Å². The van der Waals surface area contributed by atoms with E-state index < -0.39 is 12.1 Å². The Morgan fingerprint density at radius 3 is 1.71 bits per heavy atom. The maximum absolute atomic E-state index is 12.0. The van der Waals surface area contributed by atoms with E-state index in [1.807, 2.05) is 0 Å². The second-order valence-electron chi connectivity index (χ2n) is 8.89. The number of esters is 1. The molecule has 1 atom stereocenters. The molecule has 0 spiro atoms. The highest BCUT2D eigenvalue weighted by atomic mass is 16.5. The molecular weight excluding hydrogens is 424 g/mol. The van der Waals surface area contributed by atoms with Crippen LogP contribution in [0.2, 0.25) is 0 Å². The Labute approximate surface area is 209 Å². The molecule has 4 nitrogen and oxygen atoms in total. The smallest absolute Gasteiger partial charge is 0.307 e. The van der Waals surface area contributed by atoms with Crippen molar-refractivity contribution in [1.29, 1.82) is 0 Å². The molecule has 0 aliphatic carbocycles. The first kappa shape index (κ1) is 31.9. The van der Waals surface area contributed by atoms with Crippen LogP contribution in [0.25, 0.3) is 0 Å². The van der Waals surface area contributed by atoms with Crippen molar-refractivity contribution in [2.24, 2.45) is 0 Å². The van der Waals surface area contributed by atoms with E-state index in [2.05, 4.69) is 62.5 Å². The molecule has 0 aromatic rings. The molecule has 0 bridgehead atoms. The van der Waals surface area contributed by atoms with Crippen molar-refractivity contribution in [1.82, 2.24) is 0 Å². The van der Waals surface area contributed by atoms with Gasteiger partial charge in [0.1, 0.15) is 6.10 Å². The van der Waals surface area contributed by atoms with Gasteiger partial charge in [-0.1, -0.05) is 94.6 Å². The quantitative estimate of drug-likeness (QED) is 0.0912. The summed E-state index contributed by atoms with van der Waals surface area (Å²) < 4.78 is 5.40. The molecule has 0 aromatic heterocycles. The largest absolute Gasteiger partial charge is 0.481 e. The standard InChI is InChI=1S/C30H50O4/c1-3-5-7-8-9-10-11-12-13-14-15-16-17-18-19-20-21-22-24-26-30(33)34-28(27-29(31)32)25-23-6-4-2/h9-10,12-13,15-16,18-19,28H,3-8,11,14,17,20-27H2,1-2H3,(H,31,32)/b10-9-,13-12-,16-15-,19-18-. The number of aliphatic carboxylic acids is 1. The van der Waals surface area contributed by atoms with E-state index in [9.17, 15) is 9.59 Å². The summed E-state index contributed by atoms with van der Waals surface area (Å²) in [5.41, 5.74) is 0. The van der Waals surface area contributed by atoms with E-state index in [0.29, 0.717) is 12.8 Å². The molecule has 0 radical (unpaired) electrons. The molecule has 0 rings (SSSR count). The monoisotopic (exact) mass is 474 g/mol. The summed E-state index contributed by atoms with van der Waals surface area (Å²) in [6.07, 6.45) is 33.2. The van der Waals surface area contributed by atoms with Crippen LogP contribution >= 0.6 is 0 Å². The van der Waals surface area contributed by atoms with Crippen LogP contribution < -0.4 is 0 Å². The van der Waals surface area contributed by atoms with Crippen LogP contribution in [0.4, 0.5) is 0 Å². The highest BCUT2D eigenvalue weighted by Crippen LogP contribution is 2.13. The van der Waals surface area contributed by atoms with Gasteiger partial charge in [-0.3, -0.25) is 9.59 Å². The minimum Gasteiger partial charge on any atom is -0.481 e. The number of hydrogen-bond acceptors (Lipinski definition) is 3. The highest BCUT2D eigenvalue weighted by molar-refractivity contribution is 5.71. The Hall–Kier alpha value is -2.10. The lowest BCUT2D eigenvalue weighted by atomic mass is 10.1. The van der Waals surface area contributed by atoms with Crippen molar-refractivity contribution in [2.45, 2.75) is 129 Å². The van der Waals surface area contributed by atoms with Gasteiger partial charge >= 0.3 is 11.9 Å².